The summed E-state index contributed by atoms with van der Waals surface area (Å²) in [6.45, 7) is 4.48. The van der Waals surface area contributed by atoms with Crippen LogP contribution in [0.5, 0.6) is 11.5 Å². The SMILES string of the molecule is CCC(C)C(NC(=O)CNC(=O)COc1ccc2c(-c3ccc(OC)cc3)cc(=O)oc2c1C)C(=O)O. The number of aryl methyl sites for hydroxylation is 1. The van der Waals surface area contributed by atoms with Crippen molar-refractivity contribution in [1.29, 1.82) is 0 Å². The van der Waals surface area contributed by atoms with Crippen molar-refractivity contribution in [3.05, 3.63) is 58.4 Å². The summed E-state index contributed by atoms with van der Waals surface area (Å²) in [6.07, 6.45) is 0.574. The fourth-order valence-electron chi connectivity index (χ4n) is 3.79. The average Bonchev–Trinajstić information content (AvgIpc) is 2.89. The summed E-state index contributed by atoms with van der Waals surface area (Å²) >= 11 is 0. The van der Waals surface area contributed by atoms with Gasteiger partial charge in [-0.3, -0.25) is 9.59 Å². The number of carboxylic acids is 1. The predicted molar refractivity (Wildman–Crippen MR) is 137 cm³/mol. The van der Waals surface area contributed by atoms with Gasteiger partial charge in [0.15, 0.2) is 6.61 Å². The van der Waals surface area contributed by atoms with Crippen LogP contribution in [0.4, 0.5) is 0 Å². The molecule has 0 saturated carbocycles. The van der Waals surface area contributed by atoms with Crippen molar-refractivity contribution >= 4 is 28.8 Å². The summed E-state index contributed by atoms with van der Waals surface area (Å²) in [6, 6.07) is 11.1. The molecule has 2 unspecified atom stereocenters. The number of methoxy groups -OCH3 is 1. The van der Waals surface area contributed by atoms with E-state index in [4.69, 9.17) is 13.9 Å². The van der Waals surface area contributed by atoms with E-state index in [0.717, 1.165) is 5.56 Å². The Balaban J connectivity index is 1.68. The van der Waals surface area contributed by atoms with E-state index in [1.165, 1.54) is 6.07 Å². The quantitative estimate of drug-likeness (QED) is 0.334. The second-order valence-electron chi connectivity index (χ2n) is 8.61. The van der Waals surface area contributed by atoms with Crippen LogP contribution in [-0.2, 0) is 14.4 Å². The van der Waals surface area contributed by atoms with Gasteiger partial charge >= 0.3 is 11.6 Å². The number of carboxylic acid groups (broad SMARTS) is 1. The Morgan fingerprint density at radius 3 is 2.41 bits per heavy atom. The fourth-order valence-corrected chi connectivity index (χ4v) is 3.79. The highest BCUT2D eigenvalue weighted by Gasteiger charge is 2.25. The number of hydrogen-bond donors (Lipinski definition) is 3. The summed E-state index contributed by atoms with van der Waals surface area (Å²) in [5.41, 5.74) is 1.83. The van der Waals surface area contributed by atoms with Crippen molar-refractivity contribution in [2.24, 2.45) is 5.92 Å². The molecular weight excluding hydrogens is 480 g/mol. The number of rotatable bonds is 11. The molecule has 196 valence electrons. The van der Waals surface area contributed by atoms with Crippen LogP contribution in [0.3, 0.4) is 0 Å². The number of carbonyl (C=O) groups is 3. The standard InChI is InChI=1S/C27H30N2O8/c1-5-15(2)25(27(33)34)29-22(30)13-28-23(31)14-36-21-11-10-19-20(12-24(32)37-26(19)16(21)3)17-6-8-18(35-4)9-7-17/h6-12,15,25H,5,13-14H2,1-4H3,(H,28,31)(H,29,30)(H,33,34). The molecule has 0 aliphatic heterocycles. The lowest BCUT2D eigenvalue weighted by molar-refractivity contribution is -0.143. The maximum atomic E-state index is 12.3. The normalized spacial score (nSPS) is 12.4. The number of ether oxygens (including phenoxy) is 2. The lowest BCUT2D eigenvalue weighted by Gasteiger charge is -2.20. The summed E-state index contributed by atoms with van der Waals surface area (Å²) in [4.78, 5) is 48.0. The molecule has 0 aliphatic rings. The van der Waals surface area contributed by atoms with Gasteiger partial charge in [0.1, 0.15) is 23.1 Å². The van der Waals surface area contributed by atoms with Crippen LogP contribution in [0.25, 0.3) is 22.1 Å². The van der Waals surface area contributed by atoms with Crippen LogP contribution in [-0.4, -0.2) is 49.2 Å². The van der Waals surface area contributed by atoms with E-state index in [-0.39, 0.29) is 12.5 Å². The van der Waals surface area contributed by atoms with E-state index >= 15 is 0 Å². The number of carbonyl (C=O) groups excluding carboxylic acids is 2. The zero-order valence-electron chi connectivity index (χ0n) is 21.1. The molecule has 0 spiro atoms. The molecule has 2 aromatic carbocycles. The van der Waals surface area contributed by atoms with E-state index in [1.54, 1.807) is 45.2 Å². The number of fused-ring (bicyclic) bond motifs is 1. The Labute approximate surface area is 213 Å². The molecule has 2 atom stereocenters. The minimum absolute atomic E-state index is 0.262. The van der Waals surface area contributed by atoms with E-state index in [0.29, 0.717) is 40.0 Å². The Kier molecular flexibility index (Phi) is 8.89. The lowest BCUT2D eigenvalue weighted by atomic mass is 9.99. The number of nitrogens with one attached hydrogen (secondary N) is 2. The van der Waals surface area contributed by atoms with Gasteiger partial charge in [-0.05, 0) is 48.2 Å². The van der Waals surface area contributed by atoms with Crippen molar-refractivity contribution < 1.29 is 33.4 Å². The predicted octanol–water partition coefficient (Wildman–Crippen LogP) is 2.89. The Morgan fingerprint density at radius 1 is 1.08 bits per heavy atom. The summed E-state index contributed by atoms with van der Waals surface area (Å²) in [5.74, 6) is -1.55. The number of amides is 2. The van der Waals surface area contributed by atoms with Crippen molar-refractivity contribution in [1.82, 2.24) is 10.6 Å². The molecule has 10 heteroatoms. The monoisotopic (exact) mass is 510 g/mol. The molecule has 0 bridgehead atoms. The highest BCUT2D eigenvalue weighted by Crippen LogP contribution is 2.33. The molecule has 0 radical (unpaired) electrons. The van der Waals surface area contributed by atoms with Crippen molar-refractivity contribution in [2.45, 2.75) is 33.2 Å². The molecule has 0 aliphatic carbocycles. The molecular formula is C27H30N2O8. The Hall–Kier alpha value is -4.34. The third-order valence-corrected chi connectivity index (χ3v) is 6.11. The minimum atomic E-state index is -1.13. The van der Waals surface area contributed by atoms with Crippen molar-refractivity contribution in [3.63, 3.8) is 0 Å². The smallest absolute Gasteiger partial charge is 0.336 e. The van der Waals surface area contributed by atoms with Gasteiger partial charge < -0.3 is 29.6 Å². The third-order valence-electron chi connectivity index (χ3n) is 6.11. The molecule has 1 heterocycles. The third kappa shape index (κ3) is 6.66. The summed E-state index contributed by atoms with van der Waals surface area (Å²) < 4.78 is 16.3. The van der Waals surface area contributed by atoms with E-state index in [1.807, 2.05) is 19.1 Å². The molecule has 37 heavy (non-hydrogen) atoms. The molecule has 0 fully saturated rings. The number of benzene rings is 2. The molecule has 1 aromatic heterocycles. The maximum absolute atomic E-state index is 12.3. The molecule has 2 amide bonds. The van der Waals surface area contributed by atoms with Gasteiger partial charge in [-0.15, -0.1) is 0 Å². The summed E-state index contributed by atoms with van der Waals surface area (Å²) in [7, 11) is 1.57. The van der Waals surface area contributed by atoms with Crippen molar-refractivity contribution in [3.8, 4) is 22.6 Å². The number of hydrogen-bond acceptors (Lipinski definition) is 7. The second-order valence-corrected chi connectivity index (χ2v) is 8.61. The lowest BCUT2D eigenvalue weighted by Crippen LogP contribution is -2.48. The van der Waals surface area contributed by atoms with Crippen LogP contribution >= 0.6 is 0 Å². The van der Waals surface area contributed by atoms with Crippen LogP contribution in [0.2, 0.25) is 0 Å². The van der Waals surface area contributed by atoms with Gasteiger partial charge in [0.05, 0.1) is 13.7 Å². The number of aliphatic carboxylic acids is 1. The van der Waals surface area contributed by atoms with E-state index in [2.05, 4.69) is 10.6 Å². The van der Waals surface area contributed by atoms with Gasteiger partial charge in [-0.2, -0.15) is 0 Å². The average molecular weight is 511 g/mol. The maximum Gasteiger partial charge on any atom is 0.336 e. The molecule has 3 N–H and O–H groups in total. The first kappa shape index (κ1) is 27.3. The highest BCUT2D eigenvalue weighted by molar-refractivity contribution is 5.95. The molecule has 3 rings (SSSR count). The van der Waals surface area contributed by atoms with Crippen molar-refractivity contribution in [2.75, 3.05) is 20.3 Å². The van der Waals surface area contributed by atoms with Gasteiger partial charge in [0.2, 0.25) is 5.91 Å². The first-order valence-corrected chi connectivity index (χ1v) is 11.8. The largest absolute Gasteiger partial charge is 0.497 e. The van der Waals surface area contributed by atoms with Crippen LogP contribution in [0.15, 0.2) is 51.7 Å². The Bertz CT molecular complexity index is 1350. The van der Waals surface area contributed by atoms with E-state index in [9.17, 15) is 24.3 Å². The Morgan fingerprint density at radius 2 is 1.78 bits per heavy atom. The molecule has 10 nitrogen and oxygen atoms in total. The topological polar surface area (TPSA) is 144 Å². The molecule has 0 saturated heterocycles. The zero-order chi connectivity index (χ0) is 27.1. The van der Waals surface area contributed by atoms with E-state index < -0.39 is 36.1 Å². The van der Waals surface area contributed by atoms with Gasteiger partial charge in [0.25, 0.3) is 5.91 Å². The highest BCUT2D eigenvalue weighted by atomic mass is 16.5. The van der Waals surface area contributed by atoms with Gasteiger partial charge in [-0.1, -0.05) is 32.4 Å². The first-order chi connectivity index (χ1) is 17.6. The van der Waals surface area contributed by atoms with Crippen LogP contribution in [0, 0.1) is 12.8 Å². The van der Waals surface area contributed by atoms with Gasteiger partial charge in [0, 0.05) is 17.0 Å². The molecule has 3 aromatic rings. The fraction of sp³-hybridized carbons (Fsp3) is 0.333. The second kappa shape index (κ2) is 12.1. The van der Waals surface area contributed by atoms with Gasteiger partial charge in [-0.25, -0.2) is 9.59 Å². The zero-order valence-corrected chi connectivity index (χ0v) is 21.1. The summed E-state index contributed by atoms with van der Waals surface area (Å²) in [5, 5.41) is 14.8. The van der Waals surface area contributed by atoms with Crippen LogP contribution in [0.1, 0.15) is 25.8 Å². The first-order valence-electron chi connectivity index (χ1n) is 11.8. The van der Waals surface area contributed by atoms with Crippen LogP contribution < -0.4 is 25.7 Å². The minimum Gasteiger partial charge on any atom is -0.497 e.